The van der Waals surface area contributed by atoms with Gasteiger partial charge in [0.05, 0.1) is 15.6 Å². The molecule has 0 aliphatic carbocycles. The van der Waals surface area contributed by atoms with Crippen LogP contribution in [0.25, 0.3) is 12.2 Å². The first-order valence-corrected chi connectivity index (χ1v) is 6.26. The van der Waals surface area contributed by atoms with Crippen LogP contribution in [0.2, 0.25) is 0 Å². The minimum absolute atomic E-state index is 0.503. The van der Waals surface area contributed by atoms with Crippen molar-refractivity contribution in [3.8, 4) is 0 Å². The molecule has 0 aliphatic heterocycles. The van der Waals surface area contributed by atoms with Crippen LogP contribution in [0.4, 0.5) is 0 Å². The maximum atomic E-state index is 4.50. The molecule has 0 N–H and O–H groups in total. The summed E-state index contributed by atoms with van der Waals surface area (Å²) in [5.41, 5.74) is 1.01. The van der Waals surface area contributed by atoms with Crippen molar-refractivity contribution < 1.29 is 0 Å². The van der Waals surface area contributed by atoms with Gasteiger partial charge in [0, 0.05) is 5.92 Å². The summed E-state index contributed by atoms with van der Waals surface area (Å²) < 4.78 is 0. The Morgan fingerprint density at radius 2 is 1.93 bits per heavy atom. The van der Waals surface area contributed by atoms with Gasteiger partial charge in [-0.1, -0.05) is 40.3 Å². The minimum Gasteiger partial charge on any atom is -0.241 e. The zero-order chi connectivity index (χ0) is 11.8. The number of thiazole rings is 1. The predicted molar refractivity (Wildman–Crippen MR) is 72.4 cm³/mol. The second-order valence-corrected chi connectivity index (χ2v) is 4.22. The molecule has 0 radical (unpaired) electrons. The van der Waals surface area contributed by atoms with E-state index in [0.717, 1.165) is 5.69 Å². The second kappa shape index (κ2) is 7.41. The van der Waals surface area contributed by atoms with Crippen LogP contribution >= 0.6 is 11.3 Å². The first-order chi connectivity index (χ1) is 7.19. The molecule has 15 heavy (non-hydrogen) atoms. The molecule has 0 amide bonds. The lowest BCUT2D eigenvalue weighted by atomic mass is 10.2. The summed E-state index contributed by atoms with van der Waals surface area (Å²) in [6, 6.07) is 0. The summed E-state index contributed by atoms with van der Waals surface area (Å²) in [6.45, 7) is 14.1. The monoisotopic (exact) mass is 223 g/mol. The fraction of sp³-hybridized carbons (Fsp3) is 0.462. The smallest absolute Gasteiger partial charge is 0.0963 e. The summed E-state index contributed by atoms with van der Waals surface area (Å²) in [7, 11) is 0. The molecule has 0 saturated carbocycles. The quantitative estimate of drug-likeness (QED) is 0.705. The van der Waals surface area contributed by atoms with E-state index >= 15 is 0 Å². The molecular formula is C13H21NS. The average molecular weight is 223 g/mol. The topological polar surface area (TPSA) is 12.9 Å². The molecule has 0 saturated heterocycles. The third-order valence-corrected chi connectivity index (χ3v) is 3.04. The van der Waals surface area contributed by atoms with Gasteiger partial charge in [0.15, 0.2) is 0 Å². The number of rotatable bonds is 3. The van der Waals surface area contributed by atoms with Gasteiger partial charge in [0.25, 0.3) is 0 Å². The average Bonchev–Trinajstić information content (AvgIpc) is 2.65. The van der Waals surface area contributed by atoms with E-state index in [1.807, 2.05) is 32.9 Å². The first kappa shape index (κ1) is 14.1. The van der Waals surface area contributed by atoms with Crippen molar-refractivity contribution >= 4 is 23.5 Å². The highest BCUT2D eigenvalue weighted by molar-refractivity contribution is 7.12. The van der Waals surface area contributed by atoms with E-state index in [1.165, 1.54) is 9.88 Å². The fourth-order valence-electron chi connectivity index (χ4n) is 1.03. The Labute approximate surface area is 97.6 Å². The van der Waals surface area contributed by atoms with Crippen LogP contribution in [0.1, 0.15) is 56.1 Å². The molecule has 1 nitrogen and oxygen atoms in total. The zero-order valence-corrected chi connectivity index (χ0v) is 11.2. The molecule has 2 heteroatoms. The van der Waals surface area contributed by atoms with Gasteiger partial charge < -0.3 is 0 Å². The van der Waals surface area contributed by atoms with Crippen LogP contribution in [0.3, 0.4) is 0 Å². The van der Waals surface area contributed by atoms with Gasteiger partial charge in [-0.2, -0.15) is 0 Å². The van der Waals surface area contributed by atoms with Gasteiger partial charge in [-0.3, -0.25) is 0 Å². The molecule has 0 aliphatic rings. The minimum atomic E-state index is 0.503. The van der Waals surface area contributed by atoms with E-state index in [4.69, 9.17) is 0 Å². The Morgan fingerprint density at radius 3 is 2.33 bits per heavy atom. The van der Waals surface area contributed by atoms with Gasteiger partial charge in [0.2, 0.25) is 0 Å². The van der Waals surface area contributed by atoms with E-state index in [-0.39, 0.29) is 0 Å². The van der Waals surface area contributed by atoms with Gasteiger partial charge in [-0.25, -0.2) is 4.98 Å². The molecule has 0 bridgehead atoms. The summed E-state index contributed by atoms with van der Waals surface area (Å²) in [5, 5.41) is 1.18. The lowest BCUT2D eigenvalue weighted by Gasteiger charge is -1.94. The zero-order valence-electron chi connectivity index (χ0n) is 10.4. The van der Waals surface area contributed by atoms with Crippen molar-refractivity contribution in [2.75, 3.05) is 0 Å². The normalized spacial score (nSPS) is 10.3. The Hall–Kier alpha value is -0.890. The van der Waals surface area contributed by atoms with Gasteiger partial charge in [0.1, 0.15) is 0 Å². The summed E-state index contributed by atoms with van der Waals surface area (Å²) in [6.07, 6.45) is 5.93. The molecule has 0 spiro atoms. The van der Waals surface area contributed by atoms with Crippen LogP contribution in [-0.4, -0.2) is 4.98 Å². The van der Waals surface area contributed by atoms with Crippen LogP contribution in [-0.2, 0) is 0 Å². The maximum Gasteiger partial charge on any atom is 0.0963 e. The Balaban J connectivity index is 0.000000921. The molecule has 1 heterocycles. The summed E-state index contributed by atoms with van der Waals surface area (Å²) >= 11 is 1.75. The van der Waals surface area contributed by atoms with E-state index < -0.39 is 0 Å². The predicted octanol–water partition coefficient (Wildman–Crippen LogP) is 4.97. The molecule has 1 rings (SSSR count). The van der Waals surface area contributed by atoms with Gasteiger partial charge in [-0.15, -0.1) is 11.3 Å². The van der Waals surface area contributed by atoms with Crippen LogP contribution in [0.15, 0.2) is 12.7 Å². The molecule has 0 aromatic carbocycles. The van der Waals surface area contributed by atoms with Gasteiger partial charge in [-0.05, 0) is 19.1 Å². The lowest BCUT2D eigenvalue weighted by molar-refractivity contribution is 0.851. The van der Waals surface area contributed by atoms with E-state index in [1.54, 1.807) is 11.3 Å². The van der Waals surface area contributed by atoms with E-state index in [9.17, 15) is 0 Å². The SMILES string of the molecule is C=Cc1nc(C(C)C)sc1/C=C\C.CC. The molecule has 1 aromatic heterocycles. The molecule has 1 aromatic rings. The highest BCUT2D eigenvalue weighted by Gasteiger charge is 2.08. The molecule has 0 fully saturated rings. The Bertz CT molecular complexity index is 321. The largest absolute Gasteiger partial charge is 0.241 e. The second-order valence-electron chi connectivity index (χ2n) is 3.16. The van der Waals surface area contributed by atoms with Crippen molar-refractivity contribution in [2.45, 2.75) is 40.5 Å². The van der Waals surface area contributed by atoms with Crippen molar-refractivity contribution in [1.29, 1.82) is 0 Å². The lowest BCUT2D eigenvalue weighted by Crippen LogP contribution is -1.84. The van der Waals surface area contributed by atoms with Crippen LogP contribution in [0, 0.1) is 0 Å². The number of aromatic nitrogens is 1. The number of hydrogen-bond acceptors (Lipinski definition) is 2. The molecule has 0 atom stereocenters. The molecular weight excluding hydrogens is 202 g/mol. The first-order valence-electron chi connectivity index (χ1n) is 5.45. The molecule has 0 unspecified atom stereocenters. The summed E-state index contributed by atoms with van der Waals surface area (Å²) in [5.74, 6) is 0.503. The number of allylic oxidation sites excluding steroid dienone is 1. The Kier molecular flexibility index (Phi) is 6.97. The van der Waals surface area contributed by atoms with Crippen LogP contribution < -0.4 is 0 Å². The highest BCUT2D eigenvalue weighted by Crippen LogP contribution is 2.26. The van der Waals surface area contributed by atoms with Crippen molar-refractivity contribution in [3.05, 3.63) is 28.2 Å². The number of nitrogens with zero attached hydrogens (tertiary/aromatic N) is 1. The van der Waals surface area contributed by atoms with E-state index in [0.29, 0.717) is 5.92 Å². The number of hydrogen-bond donors (Lipinski definition) is 0. The van der Waals surface area contributed by atoms with E-state index in [2.05, 4.69) is 31.5 Å². The maximum absolute atomic E-state index is 4.50. The van der Waals surface area contributed by atoms with Crippen molar-refractivity contribution in [2.24, 2.45) is 0 Å². The summed E-state index contributed by atoms with van der Waals surface area (Å²) in [4.78, 5) is 5.71. The van der Waals surface area contributed by atoms with Crippen molar-refractivity contribution in [1.82, 2.24) is 4.98 Å². The Morgan fingerprint density at radius 1 is 1.33 bits per heavy atom. The fourth-order valence-corrected chi connectivity index (χ4v) is 2.07. The highest BCUT2D eigenvalue weighted by atomic mass is 32.1. The van der Waals surface area contributed by atoms with Crippen molar-refractivity contribution in [3.63, 3.8) is 0 Å². The van der Waals surface area contributed by atoms with Crippen LogP contribution in [0.5, 0.6) is 0 Å². The molecule has 84 valence electrons. The van der Waals surface area contributed by atoms with Gasteiger partial charge >= 0.3 is 0 Å². The standard InChI is InChI=1S/C11H15NS.C2H6/c1-5-7-10-9(6-2)12-11(13-10)8(3)4;1-2/h5-8H,2H2,1,3-4H3;1-2H3/b7-5-;. The third-order valence-electron chi connectivity index (χ3n) is 1.70. The third kappa shape index (κ3) is 4.00.